The number of hydrogen-bond donors (Lipinski definition) is 1. The second-order valence-corrected chi connectivity index (χ2v) is 5.57. The Morgan fingerprint density at radius 2 is 1.94 bits per heavy atom. The van der Waals surface area contributed by atoms with E-state index in [0.717, 1.165) is 25.9 Å². The summed E-state index contributed by atoms with van der Waals surface area (Å²) in [6.45, 7) is 2.16. The smallest absolute Gasteiger partial charge is 0.225 e. The molecule has 3 heteroatoms. The van der Waals surface area contributed by atoms with Crippen LogP contribution in [0.5, 0.6) is 0 Å². The third-order valence-corrected chi connectivity index (χ3v) is 4.60. The molecule has 0 aromatic rings. The van der Waals surface area contributed by atoms with Crippen LogP contribution < -0.4 is 5.32 Å². The summed E-state index contributed by atoms with van der Waals surface area (Å²) in [6.07, 6.45) is 8.51. The first-order chi connectivity index (χ1) is 7.86. The molecule has 1 N–H and O–H groups in total. The number of nitrogens with one attached hydrogen (secondary N) is 1. The first-order valence-corrected chi connectivity index (χ1v) is 6.90. The van der Waals surface area contributed by atoms with Crippen LogP contribution in [-0.2, 0) is 4.79 Å². The Kier molecular flexibility index (Phi) is 2.88. The van der Waals surface area contributed by atoms with Crippen LogP contribution in [0.25, 0.3) is 0 Å². The van der Waals surface area contributed by atoms with Gasteiger partial charge in [-0.3, -0.25) is 4.79 Å². The van der Waals surface area contributed by atoms with E-state index in [4.69, 9.17) is 0 Å². The Morgan fingerprint density at radius 3 is 2.56 bits per heavy atom. The Morgan fingerprint density at radius 1 is 1.06 bits per heavy atom. The molecule has 0 aromatic heterocycles. The number of hydrogen-bond acceptors (Lipinski definition) is 2. The van der Waals surface area contributed by atoms with Gasteiger partial charge in [0.1, 0.15) is 0 Å². The summed E-state index contributed by atoms with van der Waals surface area (Å²) in [6, 6.07) is 1.10. The second kappa shape index (κ2) is 4.36. The van der Waals surface area contributed by atoms with Gasteiger partial charge >= 0.3 is 0 Å². The van der Waals surface area contributed by atoms with Crippen molar-refractivity contribution < 1.29 is 4.79 Å². The molecule has 3 rings (SSSR count). The van der Waals surface area contributed by atoms with Gasteiger partial charge in [-0.05, 0) is 45.1 Å². The summed E-state index contributed by atoms with van der Waals surface area (Å²) >= 11 is 0. The molecule has 3 nitrogen and oxygen atoms in total. The molecule has 90 valence electrons. The van der Waals surface area contributed by atoms with Crippen LogP contribution >= 0.6 is 0 Å². The highest BCUT2D eigenvalue weighted by molar-refractivity contribution is 5.80. The van der Waals surface area contributed by atoms with Gasteiger partial charge in [0.2, 0.25) is 5.91 Å². The van der Waals surface area contributed by atoms with Crippen molar-refractivity contribution in [3.05, 3.63) is 0 Å². The molecular formula is C13H22N2O. The third-order valence-electron chi connectivity index (χ3n) is 4.60. The maximum absolute atomic E-state index is 12.3. The van der Waals surface area contributed by atoms with Crippen LogP contribution in [0.1, 0.15) is 44.9 Å². The fourth-order valence-electron chi connectivity index (χ4n) is 3.41. The molecule has 2 heterocycles. The lowest BCUT2D eigenvalue weighted by Gasteiger charge is -2.35. The van der Waals surface area contributed by atoms with E-state index in [2.05, 4.69) is 10.2 Å². The summed E-state index contributed by atoms with van der Waals surface area (Å²) in [5, 5.41) is 3.56. The number of carbonyl (C=O) groups is 1. The van der Waals surface area contributed by atoms with Gasteiger partial charge in [-0.25, -0.2) is 0 Å². The van der Waals surface area contributed by atoms with Gasteiger partial charge in [-0.1, -0.05) is 6.42 Å². The van der Waals surface area contributed by atoms with Crippen molar-refractivity contribution in [2.24, 2.45) is 5.92 Å². The lowest BCUT2D eigenvalue weighted by atomic mass is 9.84. The van der Waals surface area contributed by atoms with E-state index in [1.165, 1.54) is 32.1 Å². The highest BCUT2D eigenvalue weighted by Gasteiger charge is 2.39. The SMILES string of the molecule is O=C(C1CCC1)N1CCCC1C1CCCN1. The minimum absolute atomic E-state index is 0.377. The quantitative estimate of drug-likeness (QED) is 0.768. The summed E-state index contributed by atoms with van der Waals surface area (Å²) in [4.78, 5) is 14.5. The van der Waals surface area contributed by atoms with Crippen molar-refractivity contribution in [2.45, 2.75) is 57.0 Å². The van der Waals surface area contributed by atoms with Gasteiger partial charge in [0, 0.05) is 24.5 Å². The van der Waals surface area contributed by atoms with E-state index in [0.29, 0.717) is 23.9 Å². The number of likely N-dealkylation sites (tertiary alicyclic amines) is 1. The fraction of sp³-hybridized carbons (Fsp3) is 0.923. The normalized spacial score (nSPS) is 35.4. The molecule has 16 heavy (non-hydrogen) atoms. The summed E-state index contributed by atoms with van der Waals surface area (Å²) < 4.78 is 0. The van der Waals surface area contributed by atoms with E-state index >= 15 is 0 Å². The second-order valence-electron chi connectivity index (χ2n) is 5.57. The van der Waals surface area contributed by atoms with Crippen molar-refractivity contribution in [3.63, 3.8) is 0 Å². The average molecular weight is 222 g/mol. The minimum Gasteiger partial charge on any atom is -0.338 e. The maximum atomic E-state index is 12.3. The Hall–Kier alpha value is -0.570. The van der Waals surface area contributed by atoms with Crippen LogP contribution in [0.15, 0.2) is 0 Å². The zero-order valence-electron chi connectivity index (χ0n) is 9.95. The van der Waals surface area contributed by atoms with Crippen molar-refractivity contribution in [2.75, 3.05) is 13.1 Å². The van der Waals surface area contributed by atoms with Crippen LogP contribution in [-0.4, -0.2) is 36.0 Å². The number of nitrogens with zero attached hydrogens (tertiary/aromatic N) is 1. The van der Waals surface area contributed by atoms with Crippen molar-refractivity contribution in [3.8, 4) is 0 Å². The minimum atomic E-state index is 0.377. The highest BCUT2D eigenvalue weighted by atomic mass is 16.2. The first kappa shape index (κ1) is 10.6. The zero-order valence-corrected chi connectivity index (χ0v) is 9.95. The molecule has 1 aliphatic carbocycles. The van der Waals surface area contributed by atoms with E-state index in [9.17, 15) is 4.79 Å². The predicted molar refractivity (Wildman–Crippen MR) is 63.1 cm³/mol. The molecule has 0 bridgehead atoms. The van der Waals surface area contributed by atoms with Crippen LogP contribution in [0, 0.1) is 5.92 Å². The zero-order chi connectivity index (χ0) is 11.0. The molecular weight excluding hydrogens is 200 g/mol. The van der Waals surface area contributed by atoms with Gasteiger partial charge in [-0.15, -0.1) is 0 Å². The largest absolute Gasteiger partial charge is 0.338 e. The van der Waals surface area contributed by atoms with Gasteiger partial charge < -0.3 is 10.2 Å². The molecule has 2 saturated heterocycles. The maximum Gasteiger partial charge on any atom is 0.225 e. The molecule has 1 amide bonds. The predicted octanol–water partition coefficient (Wildman–Crippen LogP) is 1.53. The third kappa shape index (κ3) is 1.75. The molecule has 0 spiro atoms. The molecule has 0 radical (unpaired) electrons. The Bertz CT molecular complexity index is 269. The topological polar surface area (TPSA) is 32.3 Å². The van der Waals surface area contributed by atoms with Gasteiger partial charge in [-0.2, -0.15) is 0 Å². The van der Waals surface area contributed by atoms with Crippen LogP contribution in [0.2, 0.25) is 0 Å². The van der Waals surface area contributed by atoms with E-state index in [1.54, 1.807) is 0 Å². The van der Waals surface area contributed by atoms with Gasteiger partial charge in [0.15, 0.2) is 0 Å². The van der Waals surface area contributed by atoms with E-state index in [-0.39, 0.29) is 0 Å². The molecule has 2 unspecified atom stereocenters. The number of carbonyl (C=O) groups excluding carboxylic acids is 1. The molecule has 0 aromatic carbocycles. The average Bonchev–Trinajstić information content (AvgIpc) is 2.85. The lowest BCUT2D eigenvalue weighted by Crippen LogP contribution is -2.49. The van der Waals surface area contributed by atoms with E-state index < -0.39 is 0 Å². The van der Waals surface area contributed by atoms with Crippen molar-refractivity contribution >= 4 is 5.91 Å². The fourth-order valence-corrected chi connectivity index (χ4v) is 3.41. The number of rotatable bonds is 2. The molecule has 1 saturated carbocycles. The summed E-state index contributed by atoms with van der Waals surface area (Å²) in [5.74, 6) is 0.837. The summed E-state index contributed by atoms with van der Waals surface area (Å²) in [5.41, 5.74) is 0. The van der Waals surface area contributed by atoms with Gasteiger partial charge in [0.25, 0.3) is 0 Å². The highest BCUT2D eigenvalue weighted by Crippen LogP contribution is 2.32. The number of amides is 1. The van der Waals surface area contributed by atoms with Crippen LogP contribution in [0.3, 0.4) is 0 Å². The lowest BCUT2D eigenvalue weighted by molar-refractivity contribution is -0.139. The standard InChI is InChI=1S/C13H22N2O/c16-13(10-4-1-5-10)15-9-3-7-12(15)11-6-2-8-14-11/h10-12,14H,1-9H2. The molecule has 2 atom stereocenters. The monoisotopic (exact) mass is 222 g/mol. The van der Waals surface area contributed by atoms with Crippen molar-refractivity contribution in [1.82, 2.24) is 10.2 Å². The molecule has 3 aliphatic rings. The van der Waals surface area contributed by atoms with Crippen LogP contribution in [0.4, 0.5) is 0 Å². The van der Waals surface area contributed by atoms with Crippen molar-refractivity contribution in [1.29, 1.82) is 0 Å². The Balaban J connectivity index is 1.65. The summed E-state index contributed by atoms with van der Waals surface area (Å²) in [7, 11) is 0. The van der Waals surface area contributed by atoms with Gasteiger partial charge in [0.05, 0.1) is 0 Å². The Labute approximate surface area is 97.6 Å². The molecule has 2 aliphatic heterocycles. The first-order valence-electron chi connectivity index (χ1n) is 6.90. The molecule has 3 fully saturated rings. The van der Waals surface area contributed by atoms with E-state index in [1.807, 2.05) is 0 Å².